The molecule has 0 unspecified atom stereocenters. The summed E-state index contributed by atoms with van der Waals surface area (Å²) >= 11 is 1.65. The van der Waals surface area contributed by atoms with Crippen LogP contribution in [-0.4, -0.2) is 11.5 Å². The fourth-order valence-electron chi connectivity index (χ4n) is 1.72. The maximum absolute atomic E-state index is 11.8. The molecule has 0 aliphatic carbocycles. The van der Waals surface area contributed by atoms with E-state index in [4.69, 9.17) is 0 Å². The predicted molar refractivity (Wildman–Crippen MR) is 71.0 cm³/mol. The zero-order valence-electron chi connectivity index (χ0n) is 10.3. The van der Waals surface area contributed by atoms with Crippen molar-refractivity contribution in [2.75, 3.05) is 5.75 Å². The SMILES string of the molecule is CCC(CC)C(=O)CSc1cccc(C)c1. The van der Waals surface area contributed by atoms with Crippen LogP contribution in [0.5, 0.6) is 0 Å². The Morgan fingerprint density at radius 3 is 2.56 bits per heavy atom. The summed E-state index contributed by atoms with van der Waals surface area (Å²) in [6.45, 7) is 6.25. The molecule has 1 nitrogen and oxygen atoms in total. The van der Waals surface area contributed by atoms with Gasteiger partial charge in [0.2, 0.25) is 0 Å². The summed E-state index contributed by atoms with van der Waals surface area (Å²) in [5, 5.41) is 0. The number of hydrogen-bond donors (Lipinski definition) is 0. The minimum Gasteiger partial charge on any atom is -0.298 e. The fourth-order valence-corrected chi connectivity index (χ4v) is 2.71. The molecule has 0 fully saturated rings. The number of Topliss-reactive ketones (excluding diaryl/α,β-unsaturated/α-hetero) is 1. The van der Waals surface area contributed by atoms with Gasteiger partial charge in [0.25, 0.3) is 0 Å². The molecular weight excluding hydrogens is 216 g/mol. The number of benzene rings is 1. The molecule has 0 radical (unpaired) electrons. The van der Waals surface area contributed by atoms with Crippen molar-refractivity contribution in [3.8, 4) is 0 Å². The first-order valence-electron chi connectivity index (χ1n) is 5.89. The second-order valence-corrected chi connectivity index (χ2v) is 5.13. The summed E-state index contributed by atoms with van der Waals surface area (Å²) in [5.41, 5.74) is 1.25. The second kappa shape index (κ2) is 6.74. The van der Waals surface area contributed by atoms with Crippen molar-refractivity contribution in [1.29, 1.82) is 0 Å². The average molecular weight is 236 g/mol. The van der Waals surface area contributed by atoms with Gasteiger partial charge in [0.1, 0.15) is 5.78 Å². The standard InChI is InChI=1S/C14H20OS/c1-4-12(5-2)14(15)10-16-13-8-6-7-11(3)9-13/h6-9,12H,4-5,10H2,1-3H3. The molecule has 0 spiro atoms. The van der Waals surface area contributed by atoms with Crippen LogP contribution in [0, 0.1) is 12.8 Å². The van der Waals surface area contributed by atoms with Crippen LogP contribution in [0.1, 0.15) is 32.3 Å². The summed E-state index contributed by atoms with van der Waals surface area (Å²) in [4.78, 5) is 13.0. The van der Waals surface area contributed by atoms with Crippen LogP contribution in [0.2, 0.25) is 0 Å². The number of hydrogen-bond acceptors (Lipinski definition) is 2. The highest BCUT2D eigenvalue weighted by Crippen LogP contribution is 2.21. The van der Waals surface area contributed by atoms with E-state index in [0.717, 1.165) is 12.8 Å². The number of carbonyl (C=O) groups excluding carboxylic acids is 1. The number of ketones is 1. The maximum Gasteiger partial charge on any atom is 0.146 e. The van der Waals surface area contributed by atoms with Gasteiger partial charge in [0, 0.05) is 10.8 Å². The Kier molecular flexibility index (Phi) is 5.61. The lowest BCUT2D eigenvalue weighted by Gasteiger charge is -2.10. The highest BCUT2D eigenvalue weighted by molar-refractivity contribution is 8.00. The Balaban J connectivity index is 2.48. The molecule has 0 N–H and O–H groups in total. The van der Waals surface area contributed by atoms with Gasteiger partial charge in [-0.3, -0.25) is 4.79 Å². The van der Waals surface area contributed by atoms with Crippen LogP contribution in [0.25, 0.3) is 0 Å². The molecule has 0 aromatic heterocycles. The number of carbonyl (C=O) groups is 1. The monoisotopic (exact) mass is 236 g/mol. The summed E-state index contributed by atoms with van der Waals surface area (Å²) in [6.07, 6.45) is 1.92. The van der Waals surface area contributed by atoms with Crippen molar-refractivity contribution in [2.24, 2.45) is 5.92 Å². The topological polar surface area (TPSA) is 17.1 Å². The zero-order chi connectivity index (χ0) is 12.0. The Bertz CT molecular complexity index is 342. The molecule has 0 bridgehead atoms. The number of aryl methyl sites for hydroxylation is 1. The van der Waals surface area contributed by atoms with Crippen molar-refractivity contribution < 1.29 is 4.79 Å². The third kappa shape index (κ3) is 4.01. The van der Waals surface area contributed by atoms with Crippen LogP contribution in [-0.2, 0) is 4.79 Å². The van der Waals surface area contributed by atoms with Crippen LogP contribution < -0.4 is 0 Å². The smallest absolute Gasteiger partial charge is 0.146 e. The van der Waals surface area contributed by atoms with Crippen molar-refractivity contribution in [3.05, 3.63) is 29.8 Å². The maximum atomic E-state index is 11.8. The quantitative estimate of drug-likeness (QED) is 0.692. The molecule has 0 aliphatic heterocycles. The van der Waals surface area contributed by atoms with Gasteiger partial charge >= 0.3 is 0 Å². The highest BCUT2D eigenvalue weighted by atomic mass is 32.2. The van der Waals surface area contributed by atoms with E-state index in [-0.39, 0.29) is 5.92 Å². The lowest BCUT2D eigenvalue weighted by atomic mass is 10.00. The van der Waals surface area contributed by atoms with E-state index in [9.17, 15) is 4.79 Å². The van der Waals surface area contributed by atoms with Gasteiger partial charge in [0.05, 0.1) is 5.75 Å². The Morgan fingerprint density at radius 2 is 2.00 bits per heavy atom. The normalized spacial score (nSPS) is 10.8. The van der Waals surface area contributed by atoms with E-state index in [0.29, 0.717) is 11.5 Å². The molecule has 0 atom stereocenters. The van der Waals surface area contributed by atoms with Gasteiger partial charge in [-0.1, -0.05) is 31.5 Å². The first-order chi connectivity index (χ1) is 7.67. The molecule has 2 heteroatoms. The Labute approximate surface area is 103 Å². The minimum absolute atomic E-state index is 0.248. The van der Waals surface area contributed by atoms with E-state index in [2.05, 4.69) is 39.0 Å². The van der Waals surface area contributed by atoms with E-state index in [1.54, 1.807) is 11.8 Å². The van der Waals surface area contributed by atoms with E-state index < -0.39 is 0 Å². The molecule has 1 rings (SSSR count). The van der Waals surface area contributed by atoms with E-state index in [1.807, 2.05) is 6.07 Å². The Hall–Kier alpha value is -0.760. The molecule has 0 aliphatic rings. The fraction of sp³-hybridized carbons (Fsp3) is 0.500. The zero-order valence-corrected chi connectivity index (χ0v) is 11.1. The first-order valence-corrected chi connectivity index (χ1v) is 6.88. The molecule has 0 amide bonds. The lowest BCUT2D eigenvalue weighted by Crippen LogP contribution is -2.14. The Morgan fingerprint density at radius 1 is 1.31 bits per heavy atom. The molecule has 1 aromatic carbocycles. The van der Waals surface area contributed by atoms with Crippen molar-refractivity contribution in [3.63, 3.8) is 0 Å². The molecule has 1 aromatic rings. The third-order valence-electron chi connectivity index (χ3n) is 2.81. The van der Waals surface area contributed by atoms with Crippen LogP contribution in [0.15, 0.2) is 29.2 Å². The number of thioether (sulfide) groups is 1. The van der Waals surface area contributed by atoms with Gasteiger partial charge in [-0.25, -0.2) is 0 Å². The van der Waals surface area contributed by atoms with Crippen molar-refractivity contribution >= 4 is 17.5 Å². The van der Waals surface area contributed by atoms with Crippen molar-refractivity contribution in [1.82, 2.24) is 0 Å². The van der Waals surface area contributed by atoms with E-state index in [1.165, 1.54) is 10.5 Å². The van der Waals surface area contributed by atoms with Crippen LogP contribution in [0.3, 0.4) is 0 Å². The molecule has 0 heterocycles. The molecule has 0 saturated carbocycles. The third-order valence-corrected chi connectivity index (χ3v) is 3.83. The van der Waals surface area contributed by atoms with Crippen LogP contribution >= 0.6 is 11.8 Å². The predicted octanol–water partition coefficient (Wildman–Crippen LogP) is 4.09. The molecule has 16 heavy (non-hydrogen) atoms. The van der Waals surface area contributed by atoms with Crippen LogP contribution in [0.4, 0.5) is 0 Å². The van der Waals surface area contributed by atoms with Gasteiger partial charge in [-0.05, 0) is 31.9 Å². The lowest BCUT2D eigenvalue weighted by molar-refractivity contribution is -0.120. The summed E-state index contributed by atoms with van der Waals surface area (Å²) < 4.78 is 0. The van der Waals surface area contributed by atoms with E-state index >= 15 is 0 Å². The number of rotatable bonds is 6. The highest BCUT2D eigenvalue weighted by Gasteiger charge is 2.13. The largest absolute Gasteiger partial charge is 0.298 e. The van der Waals surface area contributed by atoms with Gasteiger partial charge < -0.3 is 0 Å². The van der Waals surface area contributed by atoms with Gasteiger partial charge in [-0.2, -0.15) is 0 Å². The average Bonchev–Trinajstić information content (AvgIpc) is 2.28. The van der Waals surface area contributed by atoms with Crippen molar-refractivity contribution in [2.45, 2.75) is 38.5 Å². The summed E-state index contributed by atoms with van der Waals surface area (Å²) in [5.74, 6) is 1.24. The summed E-state index contributed by atoms with van der Waals surface area (Å²) in [7, 11) is 0. The summed E-state index contributed by atoms with van der Waals surface area (Å²) in [6, 6.07) is 8.31. The minimum atomic E-state index is 0.248. The molecule has 88 valence electrons. The molecular formula is C14H20OS. The second-order valence-electron chi connectivity index (χ2n) is 4.08. The first kappa shape index (κ1) is 13.3. The molecule has 0 saturated heterocycles. The van der Waals surface area contributed by atoms with Gasteiger partial charge in [-0.15, -0.1) is 11.8 Å². The van der Waals surface area contributed by atoms with Gasteiger partial charge in [0.15, 0.2) is 0 Å².